The van der Waals surface area contributed by atoms with Gasteiger partial charge < -0.3 is 15.8 Å². The van der Waals surface area contributed by atoms with Crippen LogP contribution in [-0.4, -0.2) is 18.4 Å². The lowest BCUT2D eigenvalue weighted by molar-refractivity contribution is -0.120. The lowest BCUT2D eigenvalue weighted by atomic mass is 10.2. The number of ether oxygens (including phenoxy) is 1. The summed E-state index contributed by atoms with van der Waals surface area (Å²) >= 11 is 0. The molecular weight excluding hydrogens is 220 g/mol. The Morgan fingerprint density at radius 2 is 2.18 bits per heavy atom. The van der Waals surface area contributed by atoms with Gasteiger partial charge in [0.15, 0.2) is 6.61 Å². The maximum atomic E-state index is 11.4. The Morgan fingerprint density at radius 3 is 2.82 bits per heavy atom. The molecule has 0 radical (unpaired) electrons. The maximum absolute atomic E-state index is 11.4. The molecule has 0 aliphatic rings. The highest BCUT2D eigenvalue weighted by molar-refractivity contribution is 5.90. The number of benzene rings is 1. The number of rotatable bonds is 6. The lowest BCUT2D eigenvalue weighted by Crippen LogP contribution is -2.20. The zero-order chi connectivity index (χ0) is 12.7. The summed E-state index contributed by atoms with van der Waals surface area (Å²) in [5.41, 5.74) is 5.61. The molecule has 0 unspecified atom stereocenters. The second-order valence-corrected chi connectivity index (χ2v) is 3.58. The number of primary amides is 1. The molecule has 5 heteroatoms. The van der Waals surface area contributed by atoms with Crippen LogP contribution in [0.15, 0.2) is 24.3 Å². The molecule has 5 nitrogen and oxygen atoms in total. The minimum atomic E-state index is -0.537. The highest BCUT2D eigenvalue weighted by Gasteiger charge is 2.02. The van der Waals surface area contributed by atoms with Crippen LogP contribution in [0.1, 0.15) is 19.8 Å². The van der Waals surface area contributed by atoms with Gasteiger partial charge in [-0.2, -0.15) is 0 Å². The van der Waals surface area contributed by atoms with Gasteiger partial charge in [-0.05, 0) is 18.6 Å². The summed E-state index contributed by atoms with van der Waals surface area (Å²) in [5.74, 6) is -0.0805. The van der Waals surface area contributed by atoms with Gasteiger partial charge in [0.1, 0.15) is 5.75 Å². The quantitative estimate of drug-likeness (QED) is 0.780. The smallest absolute Gasteiger partial charge is 0.255 e. The van der Waals surface area contributed by atoms with Crippen LogP contribution in [0.5, 0.6) is 5.75 Å². The van der Waals surface area contributed by atoms with E-state index in [9.17, 15) is 9.59 Å². The number of carbonyl (C=O) groups excluding carboxylic acids is 2. The first-order chi connectivity index (χ1) is 8.11. The van der Waals surface area contributed by atoms with Crippen molar-refractivity contribution < 1.29 is 14.3 Å². The molecule has 0 saturated heterocycles. The first-order valence-corrected chi connectivity index (χ1v) is 5.43. The van der Waals surface area contributed by atoms with E-state index in [0.717, 1.165) is 6.42 Å². The third kappa shape index (κ3) is 5.01. The van der Waals surface area contributed by atoms with Crippen molar-refractivity contribution in [1.29, 1.82) is 0 Å². The first kappa shape index (κ1) is 13.0. The molecule has 1 aromatic rings. The van der Waals surface area contributed by atoms with Gasteiger partial charge >= 0.3 is 0 Å². The molecule has 0 fully saturated rings. The van der Waals surface area contributed by atoms with E-state index in [0.29, 0.717) is 17.9 Å². The highest BCUT2D eigenvalue weighted by atomic mass is 16.5. The van der Waals surface area contributed by atoms with Crippen LogP contribution in [0.3, 0.4) is 0 Å². The zero-order valence-corrected chi connectivity index (χ0v) is 9.73. The predicted octanol–water partition coefficient (Wildman–Crippen LogP) is 1.29. The standard InChI is InChI=1S/C12H16N2O3/c1-2-4-12(16)14-9-5-3-6-10(7-9)17-8-11(13)15/h3,5-7H,2,4,8H2,1H3,(H2,13,15)(H,14,16). The molecule has 0 heterocycles. The normalized spacial score (nSPS) is 9.71. The van der Waals surface area contributed by atoms with Crippen molar-refractivity contribution in [2.45, 2.75) is 19.8 Å². The fourth-order valence-corrected chi connectivity index (χ4v) is 1.27. The molecule has 1 aromatic carbocycles. The average Bonchev–Trinajstić information content (AvgIpc) is 2.27. The summed E-state index contributed by atoms with van der Waals surface area (Å²) in [6, 6.07) is 6.83. The van der Waals surface area contributed by atoms with Crippen molar-refractivity contribution in [3.8, 4) is 5.75 Å². The molecule has 0 aliphatic carbocycles. The van der Waals surface area contributed by atoms with Gasteiger partial charge in [-0.25, -0.2) is 0 Å². The van der Waals surface area contributed by atoms with Crippen LogP contribution in [-0.2, 0) is 9.59 Å². The van der Waals surface area contributed by atoms with Crippen molar-refractivity contribution in [2.24, 2.45) is 5.73 Å². The van der Waals surface area contributed by atoms with Crippen LogP contribution >= 0.6 is 0 Å². The molecule has 0 aromatic heterocycles. The van der Waals surface area contributed by atoms with Gasteiger partial charge in [-0.3, -0.25) is 9.59 Å². The Kier molecular flexibility index (Phi) is 5.00. The summed E-state index contributed by atoms with van der Waals surface area (Å²) in [6.45, 7) is 1.76. The Labute approximate surface area is 99.9 Å². The molecule has 1 rings (SSSR count). The van der Waals surface area contributed by atoms with Gasteiger partial charge in [0, 0.05) is 18.2 Å². The number of carbonyl (C=O) groups is 2. The summed E-state index contributed by atoms with van der Waals surface area (Å²) in [5, 5.41) is 2.74. The summed E-state index contributed by atoms with van der Waals surface area (Å²) in [6.07, 6.45) is 1.27. The van der Waals surface area contributed by atoms with Gasteiger partial charge in [0.25, 0.3) is 5.91 Å². The molecule has 0 spiro atoms. The fourth-order valence-electron chi connectivity index (χ4n) is 1.27. The molecule has 0 atom stereocenters. The number of anilines is 1. The van der Waals surface area contributed by atoms with Crippen LogP contribution in [0, 0.1) is 0 Å². The van der Waals surface area contributed by atoms with E-state index in [2.05, 4.69) is 5.32 Å². The number of hydrogen-bond donors (Lipinski definition) is 2. The molecule has 92 valence electrons. The van der Waals surface area contributed by atoms with Crippen LogP contribution in [0.4, 0.5) is 5.69 Å². The monoisotopic (exact) mass is 236 g/mol. The van der Waals surface area contributed by atoms with Gasteiger partial charge in [-0.15, -0.1) is 0 Å². The lowest BCUT2D eigenvalue weighted by Gasteiger charge is -2.07. The second-order valence-electron chi connectivity index (χ2n) is 3.58. The Bertz CT molecular complexity index is 404. The van der Waals surface area contributed by atoms with Crippen molar-refractivity contribution in [3.05, 3.63) is 24.3 Å². The second kappa shape index (κ2) is 6.52. The van der Waals surface area contributed by atoms with Crippen LogP contribution in [0.25, 0.3) is 0 Å². The highest BCUT2D eigenvalue weighted by Crippen LogP contribution is 2.17. The van der Waals surface area contributed by atoms with Gasteiger partial charge in [0.2, 0.25) is 5.91 Å². The Hall–Kier alpha value is -2.04. The first-order valence-electron chi connectivity index (χ1n) is 5.43. The molecule has 3 N–H and O–H groups in total. The zero-order valence-electron chi connectivity index (χ0n) is 9.73. The number of nitrogens with two attached hydrogens (primary N) is 1. The Balaban J connectivity index is 2.59. The molecule has 0 aliphatic heterocycles. The van der Waals surface area contributed by atoms with E-state index in [1.807, 2.05) is 6.92 Å². The van der Waals surface area contributed by atoms with Crippen molar-refractivity contribution in [1.82, 2.24) is 0 Å². The minimum absolute atomic E-state index is 0.0421. The van der Waals surface area contributed by atoms with E-state index in [1.54, 1.807) is 24.3 Å². The molecule has 0 saturated carbocycles. The summed E-state index contributed by atoms with van der Waals surface area (Å²) in [7, 11) is 0. The van der Waals surface area contributed by atoms with Crippen LogP contribution < -0.4 is 15.8 Å². The van der Waals surface area contributed by atoms with Crippen molar-refractivity contribution >= 4 is 17.5 Å². The largest absolute Gasteiger partial charge is 0.484 e. The number of amides is 2. The van der Waals surface area contributed by atoms with Crippen LogP contribution in [0.2, 0.25) is 0 Å². The Morgan fingerprint density at radius 1 is 1.41 bits per heavy atom. The fraction of sp³-hybridized carbons (Fsp3) is 0.333. The molecule has 17 heavy (non-hydrogen) atoms. The third-order valence-corrected chi connectivity index (χ3v) is 1.98. The third-order valence-electron chi connectivity index (χ3n) is 1.98. The topological polar surface area (TPSA) is 81.4 Å². The predicted molar refractivity (Wildman–Crippen MR) is 64.7 cm³/mol. The molecule has 0 bridgehead atoms. The van der Waals surface area contributed by atoms with Crippen molar-refractivity contribution in [2.75, 3.05) is 11.9 Å². The SMILES string of the molecule is CCCC(=O)Nc1cccc(OCC(N)=O)c1. The van der Waals surface area contributed by atoms with E-state index >= 15 is 0 Å². The van der Waals surface area contributed by atoms with Gasteiger partial charge in [0.05, 0.1) is 0 Å². The van der Waals surface area contributed by atoms with E-state index < -0.39 is 5.91 Å². The summed E-state index contributed by atoms with van der Waals surface area (Å²) in [4.78, 5) is 21.9. The minimum Gasteiger partial charge on any atom is -0.484 e. The number of nitrogens with one attached hydrogen (secondary N) is 1. The van der Waals surface area contributed by atoms with Gasteiger partial charge in [-0.1, -0.05) is 13.0 Å². The average molecular weight is 236 g/mol. The molecular formula is C12H16N2O3. The van der Waals surface area contributed by atoms with E-state index in [-0.39, 0.29) is 12.5 Å². The maximum Gasteiger partial charge on any atom is 0.255 e. The summed E-state index contributed by atoms with van der Waals surface area (Å²) < 4.78 is 5.12. The number of hydrogen-bond acceptors (Lipinski definition) is 3. The molecule has 2 amide bonds. The van der Waals surface area contributed by atoms with E-state index in [4.69, 9.17) is 10.5 Å². The van der Waals surface area contributed by atoms with Crippen molar-refractivity contribution in [3.63, 3.8) is 0 Å². The van der Waals surface area contributed by atoms with E-state index in [1.165, 1.54) is 0 Å².